The summed E-state index contributed by atoms with van der Waals surface area (Å²) in [5.41, 5.74) is -0.391. The van der Waals surface area contributed by atoms with Crippen LogP contribution in [-0.2, 0) is 9.53 Å². The Labute approximate surface area is 113 Å². The van der Waals surface area contributed by atoms with E-state index in [0.29, 0.717) is 13.0 Å². The van der Waals surface area contributed by atoms with Gasteiger partial charge in [-0.1, -0.05) is 6.07 Å². The van der Waals surface area contributed by atoms with Crippen molar-refractivity contribution in [3.05, 3.63) is 24.3 Å². The van der Waals surface area contributed by atoms with Crippen LogP contribution >= 0.6 is 0 Å². The van der Waals surface area contributed by atoms with Crippen molar-refractivity contribution in [2.75, 3.05) is 13.7 Å². The Balaban J connectivity index is 2.05. The topological polar surface area (TPSA) is 44.8 Å². The molecule has 0 amide bonds. The highest BCUT2D eigenvalue weighted by Crippen LogP contribution is 2.40. The SMILES string of the molecule is CCOc1cccc(OC2(CC(=O)OC)CCC2)c1. The van der Waals surface area contributed by atoms with Gasteiger partial charge in [0.05, 0.1) is 20.1 Å². The van der Waals surface area contributed by atoms with Crippen LogP contribution in [-0.4, -0.2) is 25.3 Å². The van der Waals surface area contributed by atoms with E-state index in [1.54, 1.807) is 0 Å². The largest absolute Gasteiger partial charge is 0.494 e. The molecule has 1 aromatic carbocycles. The Hall–Kier alpha value is -1.71. The average Bonchev–Trinajstić information content (AvgIpc) is 2.37. The zero-order valence-electron chi connectivity index (χ0n) is 11.5. The van der Waals surface area contributed by atoms with E-state index in [1.807, 2.05) is 31.2 Å². The predicted molar refractivity (Wildman–Crippen MR) is 71.5 cm³/mol. The maximum absolute atomic E-state index is 11.5. The summed E-state index contributed by atoms with van der Waals surface area (Å²) in [6.07, 6.45) is 3.17. The van der Waals surface area contributed by atoms with Crippen molar-refractivity contribution in [3.8, 4) is 11.5 Å². The number of carbonyl (C=O) groups excluding carboxylic acids is 1. The van der Waals surface area contributed by atoms with E-state index in [2.05, 4.69) is 0 Å². The summed E-state index contributed by atoms with van der Waals surface area (Å²) in [4.78, 5) is 11.5. The summed E-state index contributed by atoms with van der Waals surface area (Å²) < 4.78 is 16.2. The van der Waals surface area contributed by atoms with Crippen LogP contribution in [0.5, 0.6) is 11.5 Å². The van der Waals surface area contributed by atoms with Crippen molar-refractivity contribution in [2.45, 2.75) is 38.2 Å². The second-order valence-electron chi connectivity index (χ2n) is 4.80. The number of ether oxygens (including phenoxy) is 3. The fourth-order valence-electron chi connectivity index (χ4n) is 2.27. The summed E-state index contributed by atoms with van der Waals surface area (Å²) in [7, 11) is 1.41. The highest BCUT2D eigenvalue weighted by atomic mass is 16.5. The lowest BCUT2D eigenvalue weighted by Crippen LogP contribution is -2.45. The molecule has 0 heterocycles. The summed E-state index contributed by atoms with van der Waals surface area (Å²) >= 11 is 0. The molecule has 0 unspecified atom stereocenters. The van der Waals surface area contributed by atoms with E-state index in [4.69, 9.17) is 14.2 Å². The minimum Gasteiger partial charge on any atom is -0.494 e. The van der Waals surface area contributed by atoms with E-state index in [1.165, 1.54) is 7.11 Å². The molecule has 1 fully saturated rings. The van der Waals surface area contributed by atoms with Crippen LogP contribution in [0, 0.1) is 0 Å². The van der Waals surface area contributed by atoms with Crippen LogP contribution in [0.25, 0.3) is 0 Å². The van der Waals surface area contributed by atoms with Gasteiger partial charge in [0.1, 0.15) is 17.1 Å². The van der Waals surface area contributed by atoms with Gasteiger partial charge in [0.25, 0.3) is 0 Å². The first-order valence-electron chi connectivity index (χ1n) is 6.66. The molecule has 0 atom stereocenters. The van der Waals surface area contributed by atoms with Gasteiger partial charge < -0.3 is 14.2 Å². The third-order valence-electron chi connectivity index (χ3n) is 3.41. The van der Waals surface area contributed by atoms with E-state index >= 15 is 0 Å². The molecule has 19 heavy (non-hydrogen) atoms. The molecule has 104 valence electrons. The zero-order chi connectivity index (χ0) is 13.7. The molecule has 2 rings (SSSR count). The molecule has 0 bridgehead atoms. The number of carbonyl (C=O) groups is 1. The maximum atomic E-state index is 11.5. The molecule has 1 saturated carbocycles. The van der Waals surface area contributed by atoms with Gasteiger partial charge in [-0.3, -0.25) is 4.79 Å². The molecular weight excluding hydrogens is 244 g/mol. The zero-order valence-corrected chi connectivity index (χ0v) is 11.5. The van der Waals surface area contributed by atoms with Gasteiger partial charge in [0, 0.05) is 6.07 Å². The van der Waals surface area contributed by atoms with Crippen molar-refractivity contribution in [1.29, 1.82) is 0 Å². The standard InChI is InChI=1S/C15H20O4/c1-3-18-12-6-4-7-13(10-12)19-15(8-5-9-15)11-14(16)17-2/h4,6-7,10H,3,5,8-9,11H2,1-2H3. The first kappa shape index (κ1) is 13.7. The van der Waals surface area contributed by atoms with Crippen LogP contribution in [0.2, 0.25) is 0 Å². The van der Waals surface area contributed by atoms with Crippen molar-refractivity contribution < 1.29 is 19.0 Å². The van der Waals surface area contributed by atoms with E-state index in [9.17, 15) is 4.79 Å². The lowest BCUT2D eigenvalue weighted by molar-refractivity contribution is -0.148. The molecule has 0 N–H and O–H groups in total. The van der Waals surface area contributed by atoms with Crippen LogP contribution in [0.4, 0.5) is 0 Å². The lowest BCUT2D eigenvalue weighted by atomic mass is 9.77. The maximum Gasteiger partial charge on any atom is 0.309 e. The van der Waals surface area contributed by atoms with Gasteiger partial charge in [-0.05, 0) is 38.3 Å². The average molecular weight is 264 g/mol. The smallest absolute Gasteiger partial charge is 0.309 e. The van der Waals surface area contributed by atoms with Crippen LogP contribution in [0.1, 0.15) is 32.6 Å². The molecular formula is C15H20O4. The van der Waals surface area contributed by atoms with Gasteiger partial charge >= 0.3 is 5.97 Å². The van der Waals surface area contributed by atoms with Crippen LogP contribution in [0.3, 0.4) is 0 Å². The van der Waals surface area contributed by atoms with Crippen molar-refractivity contribution in [3.63, 3.8) is 0 Å². The molecule has 0 aliphatic heterocycles. The minimum absolute atomic E-state index is 0.222. The molecule has 1 aliphatic rings. The van der Waals surface area contributed by atoms with Gasteiger partial charge in [-0.2, -0.15) is 0 Å². The lowest BCUT2D eigenvalue weighted by Gasteiger charge is -2.41. The number of esters is 1. The third kappa shape index (κ3) is 3.40. The number of methoxy groups -OCH3 is 1. The summed E-state index contributed by atoms with van der Waals surface area (Å²) in [5, 5.41) is 0. The third-order valence-corrected chi connectivity index (χ3v) is 3.41. The molecule has 0 aromatic heterocycles. The number of hydrogen-bond acceptors (Lipinski definition) is 4. The van der Waals surface area contributed by atoms with E-state index in [-0.39, 0.29) is 5.97 Å². The quantitative estimate of drug-likeness (QED) is 0.741. The van der Waals surface area contributed by atoms with Crippen molar-refractivity contribution in [1.82, 2.24) is 0 Å². The predicted octanol–water partition coefficient (Wildman–Crippen LogP) is 2.95. The second kappa shape index (κ2) is 5.95. The summed E-state index contributed by atoms with van der Waals surface area (Å²) in [6.45, 7) is 2.56. The molecule has 1 aliphatic carbocycles. The minimum atomic E-state index is -0.391. The summed E-state index contributed by atoms with van der Waals surface area (Å²) in [6, 6.07) is 7.54. The first-order valence-corrected chi connectivity index (χ1v) is 6.66. The highest BCUT2D eigenvalue weighted by Gasteiger charge is 2.41. The second-order valence-corrected chi connectivity index (χ2v) is 4.80. The van der Waals surface area contributed by atoms with Gasteiger partial charge in [0.15, 0.2) is 0 Å². The number of benzene rings is 1. The molecule has 0 saturated heterocycles. The van der Waals surface area contributed by atoms with E-state index < -0.39 is 5.60 Å². The Morgan fingerprint density at radius 1 is 1.32 bits per heavy atom. The van der Waals surface area contributed by atoms with E-state index in [0.717, 1.165) is 30.8 Å². The van der Waals surface area contributed by atoms with Crippen LogP contribution in [0.15, 0.2) is 24.3 Å². The van der Waals surface area contributed by atoms with Crippen LogP contribution < -0.4 is 9.47 Å². The van der Waals surface area contributed by atoms with Crippen molar-refractivity contribution >= 4 is 5.97 Å². The first-order chi connectivity index (χ1) is 9.17. The molecule has 1 aromatic rings. The highest BCUT2D eigenvalue weighted by molar-refractivity contribution is 5.70. The number of hydrogen-bond donors (Lipinski definition) is 0. The molecule has 0 spiro atoms. The number of rotatable bonds is 6. The van der Waals surface area contributed by atoms with Crippen molar-refractivity contribution in [2.24, 2.45) is 0 Å². The molecule has 4 nitrogen and oxygen atoms in total. The van der Waals surface area contributed by atoms with Gasteiger partial charge in [-0.25, -0.2) is 0 Å². The Morgan fingerprint density at radius 3 is 2.63 bits per heavy atom. The summed E-state index contributed by atoms with van der Waals surface area (Å²) in [5.74, 6) is 1.31. The Kier molecular flexibility index (Phi) is 4.30. The fourth-order valence-corrected chi connectivity index (χ4v) is 2.27. The Bertz CT molecular complexity index is 438. The fraction of sp³-hybridized carbons (Fsp3) is 0.533. The molecule has 4 heteroatoms. The van der Waals surface area contributed by atoms with Gasteiger partial charge in [-0.15, -0.1) is 0 Å². The van der Waals surface area contributed by atoms with Gasteiger partial charge in [0.2, 0.25) is 0 Å². The monoisotopic (exact) mass is 264 g/mol. The normalized spacial score (nSPS) is 16.3. The molecule has 0 radical (unpaired) electrons. The Morgan fingerprint density at radius 2 is 2.05 bits per heavy atom.